The number of halogens is 3. The fourth-order valence-corrected chi connectivity index (χ4v) is 1.74. The molecule has 0 amide bonds. The highest BCUT2D eigenvalue weighted by atomic mass is 19.4. The molecule has 0 fully saturated rings. The van der Waals surface area contributed by atoms with Crippen LogP contribution >= 0.6 is 0 Å². The fraction of sp³-hybridized carbons (Fsp3) is 0.667. The van der Waals surface area contributed by atoms with Gasteiger partial charge in [0.05, 0.1) is 25.4 Å². The molecule has 0 saturated heterocycles. The van der Waals surface area contributed by atoms with Crippen molar-refractivity contribution in [3.05, 3.63) is 18.0 Å². The Bertz CT molecular complexity index is 459. The zero-order valence-electron chi connectivity index (χ0n) is 11.6. The van der Waals surface area contributed by atoms with Crippen LogP contribution in [0, 0.1) is 0 Å². The van der Waals surface area contributed by atoms with Gasteiger partial charge in [-0.15, -0.1) is 0 Å². The summed E-state index contributed by atoms with van der Waals surface area (Å²) in [6, 6.07) is 0. The molecule has 114 valence electrons. The summed E-state index contributed by atoms with van der Waals surface area (Å²) in [6.07, 6.45) is -2.07. The molecule has 1 rings (SSSR count). The first kappa shape index (κ1) is 16.5. The fourth-order valence-electron chi connectivity index (χ4n) is 1.74. The van der Waals surface area contributed by atoms with Gasteiger partial charge < -0.3 is 10.1 Å². The number of esters is 1. The summed E-state index contributed by atoms with van der Waals surface area (Å²) in [7, 11) is 1.23. The molecule has 1 heterocycles. The molecule has 1 aromatic heterocycles. The molecule has 0 spiro atoms. The Labute approximate surface area is 115 Å². The number of hydrogen-bond acceptors (Lipinski definition) is 4. The highest BCUT2D eigenvalue weighted by Gasteiger charge is 2.36. The van der Waals surface area contributed by atoms with E-state index < -0.39 is 23.2 Å². The molecule has 0 aliphatic heterocycles. The monoisotopic (exact) mass is 293 g/mol. The maximum atomic E-state index is 12.5. The van der Waals surface area contributed by atoms with Crippen molar-refractivity contribution in [1.82, 2.24) is 15.1 Å². The minimum atomic E-state index is -4.45. The number of alkyl halides is 3. The first-order valence-corrected chi connectivity index (χ1v) is 6.16. The van der Waals surface area contributed by atoms with Crippen LogP contribution in [0.4, 0.5) is 13.2 Å². The van der Waals surface area contributed by atoms with E-state index >= 15 is 0 Å². The van der Waals surface area contributed by atoms with Crippen molar-refractivity contribution in [2.24, 2.45) is 0 Å². The van der Waals surface area contributed by atoms with E-state index in [0.717, 1.165) is 23.5 Å². The van der Waals surface area contributed by atoms with E-state index in [0.29, 0.717) is 6.54 Å². The van der Waals surface area contributed by atoms with Gasteiger partial charge in [0.15, 0.2) is 0 Å². The Hall–Kier alpha value is -1.57. The third-order valence-electron chi connectivity index (χ3n) is 2.84. The summed E-state index contributed by atoms with van der Waals surface area (Å²) in [5, 5.41) is 6.62. The zero-order chi connectivity index (χ0) is 15.4. The number of ether oxygens (including phenoxy) is 1. The van der Waals surface area contributed by atoms with Crippen LogP contribution in [0.5, 0.6) is 0 Å². The maximum absolute atomic E-state index is 12.5. The van der Waals surface area contributed by atoms with Gasteiger partial charge in [0.1, 0.15) is 5.54 Å². The molecular weight excluding hydrogens is 275 g/mol. The lowest BCUT2D eigenvalue weighted by atomic mass is 10.0. The van der Waals surface area contributed by atoms with Gasteiger partial charge in [0.25, 0.3) is 0 Å². The predicted octanol–water partition coefficient (Wildman–Crippen LogP) is 1.83. The number of nitrogens with one attached hydrogen (secondary N) is 1. The minimum Gasteiger partial charge on any atom is -0.468 e. The summed E-state index contributed by atoms with van der Waals surface area (Å²) in [6.45, 7) is 3.98. The number of nitrogens with zero attached hydrogens (tertiary/aromatic N) is 2. The molecule has 0 bridgehead atoms. The van der Waals surface area contributed by atoms with Crippen molar-refractivity contribution in [3.8, 4) is 0 Å². The Morgan fingerprint density at radius 2 is 2.15 bits per heavy atom. The van der Waals surface area contributed by atoms with Crippen LogP contribution in [-0.4, -0.2) is 34.9 Å². The van der Waals surface area contributed by atoms with Crippen molar-refractivity contribution in [1.29, 1.82) is 0 Å². The van der Waals surface area contributed by atoms with Gasteiger partial charge in [-0.05, 0) is 19.9 Å². The molecule has 1 aromatic rings. The van der Waals surface area contributed by atoms with Crippen LogP contribution in [0.2, 0.25) is 0 Å². The van der Waals surface area contributed by atoms with Crippen molar-refractivity contribution >= 4 is 5.97 Å². The maximum Gasteiger partial charge on any atom is 0.419 e. The normalized spacial score (nSPS) is 14.9. The SMILES string of the molecule is CCCNC(C)(Cn1cc(C(F)(F)F)cn1)C(=O)OC. The van der Waals surface area contributed by atoms with E-state index in [-0.39, 0.29) is 6.54 Å². The lowest BCUT2D eigenvalue weighted by Gasteiger charge is -2.27. The van der Waals surface area contributed by atoms with E-state index in [9.17, 15) is 18.0 Å². The van der Waals surface area contributed by atoms with Crippen LogP contribution in [0.25, 0.3) is 0 Å². The van der Waals surface area contributed by atoms with E-state index in [1.807, 2.05) is 6.92 Å². The van der Waals surface area contributed by atoms with E-state index in [1.165, 1.54) is 7.11 Å². The van der Waals surface area contributed by atoms with Crippen molar-refractivity contribution in [3.63, 3.8) is 0 Å². The summed E-state index contributed by atoms with van der Waals surface area (Å²) >= 11 is 0. The number of methoxy groups -OCH3 is 1. The first-order chi connectivity index (χ1) is 9.23. The predicted molar refractivity (Wildman–Crippen MR) is 65.9 cm³/mol. The number of carbonyl (C=O) groups is 1. The molecule has 8 heteroatoms. The molecule has 0 aliphatic carbocycles. The largest absolute Gasteiger partial charge is 0.468 e. The average molecular weight is 293 g/mol. The van der Waals surface area contributed by atoms with Crippen LogP contribution in [0.1, 0.15) is 25.8 Å². The number of carbonyl (C=O) groups excluding carboxylic acids is 1. The van der Waals surface area contributed by atoms with E-state index in [2.05, 4.69) is 10.4 Å². The Morgan fingerprint density at radius 3 is 2.60 bits per heavy atom. The summed E-state index contributed by atoms with van der Waals surface area (Å²) < 4.78 is 43.3. The summed E-state index contributed by atoms with van der Waals surface area (Å²) in [5.74, 6) is -0.546. The van der Waals surface area contributed by atoms with Crippen LogP contribution in [-0.2, 0) is 22.3 Å². The van der Waals surface area contributed by atoms with Gasteiger partial charge in [0, 0.05) is 6.20 Å². The second-order valence-corrected chi connectivity index (χ2v) is 4.67. The van der Waals surface area contributed by atoms with Gasteiger partial charge in [-0.25, -0.2) is 4.79 Å². The topological polar surface area (TPSA) is 56.2 Å². The molecule has 20 heavy (non-hydrogen) atoms. The smallest absolute Gasteiger partial charge is 0.419 e. The van der Waals surface area contributed by atoms with Gasteiger partial charge in [-0.1, -0.05) is 6.92 Å². The van der Waals surface area contributed by atoms with Crippen molar-refractivity contribution in [2.45, 2.75) is 38.5 Å². The third kappa shape index (κ3) is 3.96. The van der Waals surface area contributed by atoms with Gasteiger partial charge in [0.2, 0.25) is 0 Å². The molecule has 0 radical (unpaired) electrons. The van der Waals surface area contributed by atoms with Crippen LogP contribution in [0.3, 0.4) is 0 Å². The standard InChI is InChI=1S/C12H18F3N3O2/c1-4-5-16-11(2,10(19)20-3)8-18-7-9(6-17-18)12(13,14)15/h6-7,16H,4-5,8H2,1-3H3. The highest BCUT2D eigenvalue weighted by Crippen LogP contribution is 2.28. The first-order valence-electron chi connectivity index (χ1n) is 6.16. The lowest BCUT2D eigenvalue weighted by Crippen LogP contribution is -2.53. The second kappa shape index (κ2) is 6.25. The number of hydrogen-bond donors (Lipinski definition) is 1. The van der Waals surface area contributed by atoms with Gasteiger partial charge in [-0.2, -0.15) is 18.3 Å². The Kier molecular flexibility index (Phi) is 5.15. The van der Waals surface area contributed by atoms with Crippen LogP contribution in [0.15, 0.2) is 12.4 Å². The van der Waals surface area contributed by atoms with E-state index in [4.69, 9.17) is 4.74 Å². The minimum absolute atomic E-state index is 0.0459. The Morgan fingerprint density at radius 1 is 1.50 bits per heavy atom. The molecule has 1 N–H and O–H groups in total. The third-order valence-corrected chi connectivity index (χ3v) is 2.84. The Balaban J connectivity index is 2.90. The summed E-state index contributed by atoms with van der Waals surface area (Å²) in [4.78, 5) is 11.8. The van der Waals surface area contributed by atoms with Crippen molar-refractivity contribution < 1.29 is 22.7 Å². The average Bonchev–Trinajstić information content (AvgIpc) is 2.83. The molecule has 1 atom stereocenters. The van der Waals surface area contributed by atoms with Gasteiger partial charge >= 0.3 is 12.1 Å². The van der Waals surface area contributed by atoms with Crippen LogP contribution < -0.4 is 5.32 Å². The quantitative estimate of drug-likeness (QED) is 0.813. The number of rotatable bonds is 6. The second-order valence-electron chi connectivity index (χ2n) is 4.67. The highest BCUT2D eigenvalue weighted by molar-refractivity contribution is 5.80. The number of aromatic nitrogens is 2. The molecule has 5 nitrogen and oxygen atoms in total. The molecule has 1 unspecified atom stereocenters. The molecule has 0 aromatic carbocycles. The molecule has 0 saturated carbocycles. The molecule has 0 aliphatic rings. The summed E-state index contributed by atoms with van der Waals surface area (Å²) in [5.41, 5.74) is -1.97. The van der Waals surface area contributed by atoms with Gasteiger partial charge in [-0.3, -0.25) is 4.68 Å². The zero-order valence-corrected chi connectivity index (χ0v) is 11.6. The van der Waals surface area contributed by atoms with Crippen molar-refractivity contribution in [2.75, 3.05) is 13.7 Å². The lowest BCUT2D eigenvalue weighted by molar-refractivity contribution is -0.148. The van der Waals surface area contributed by atoms with E-state index in [1.54, 1.807) is 6.92 Å². The molecular formula is C12H18F3N3O2.